The largest absolute Gasteiger partial charge is 0.382 e. The van der Waals surface area contributed by atoms with E-state index in [1.165, 1.54) is 11.3 Å². The van der Waals surface area contributed by atoms with Crippen LogP contribution in [0.3, 0.4) is 0 Å². The van der Waals surface area contributed by atoms with Gasteiger partial charge in [-0.2, -0.15) is 0 Å². The van der Waals surface area contributed by atoms with Crippen molar-refractivity contribution in [3.8, 4) is 0 Å². The lowest BCUT2D eigenvalue weighted by atomic mass is 10.1. The van der Waals surface area contributed by atoms with Crippen molar-refractivity contribution in [1.29, 1.82) is 0 Å². The lowest BCUT2D eigenvalue weighted by molar-refractivity contribution is 0.216. The number of aliphatic hydroxyl groups excluding tert-OH is 1. The van der Waals surface area contributed by atoms with E-state index in [2.05, 4.69) is 4.98 Å². The van der Waals surface area contributed by atoms with Gasteiger partial charge in [0, 0.05) is 5.38 Å². The fourth-order valence-electron chi connectivity index (χ4n) is 1.16. The number of aliphatic hydroxyl groups is 1. The van der Waals surface area contributed by atoms with Gasteiger partial charge >= 0.3 is 0 Å². The maximum Gasteiger partial charge on any atom is 0.122 e. The first kappa shape index (κ1) is 8.41. The number of hydrogen-bond acceptors (Lipinski definition) is 3. The third-order valence-electron chi connectivity index (χ3n) is 1.85. The Bertz CT molecular complexity index is 358. The molecule has 13 heavy (non-hydrogen) atoms. The van der Waals surface area contributed by atoms with Crippen molar-refractivity contribution in [2.45, 2.75) is 6.10 Å². The Hall–Kier alpha value is -1.19. The van der Waals surface area contributed by atoms with Crippen LogP contribution in [0, 0.1) is 0 Å². The van der Waals surface area contributed by atoms with E-state index in [1.807, 2.05) is 35.7 Å². The fourth-order valence-corrected chi connectivity index (χ4v) is 1.74. The number of thiazole rings is 1. The molecular weight excluding hydrogens is 182 g/mol. The molecule has 2 aromatic rings. The Balaban J connectivity index is 2.29. The van der Waals surface area contributed by atoms with Gasteiger partial charge in [0.05, 0.1) is 11.2 Å². The van der Waals surface area contributed by atoms with Gasteiger partial charge in [-0.15, -0.1) is 11.3 Å². The SMILES string of the molecule is OC(c1ccccc1)c1cscn1. The molecule has 1 aromatic heterocycles. The smallest absolute Gasteiger partial charge is 0.122 e. The summed E-state index contributed by atoms with van der Waals surface area (Å²) in [6, 6.07) is 9.53. The Morgan fingerprint density at radius 3 is 2.62 bits per heavy atom. The molecule has 66 valence electrons. The summed E-state index contributed by atoms with van der Waals surface area (Å²) < 4.78 is 0. The molecule has 2 rings (SSSR count). The van der Waals surface area contributed by atoms with Crippen molar-refractivity contribution in [1.82, 2.24) is 4.98 Å². The van der Waals surface area contributed by atoms with Crippen LogP contribution in [0.1, 0.15) is 17.4 Å². The molecular formula is C10H9NOS. The number of nitrogens with zero attached hydrogens (tertiary/aromatic N) is 1. The molecule has 0 bridgehead atoms. The predicted octanol–water partition coefficient (Wildman–Crippen LogP) is 2.22. The van der Waals surface area contributed by atoms with Crippen LogP contribution in [-0.4, -0.2) is 10.1 Å². The molecule has 0 saturated carbocycles. The van der Waals surface area contributed by atoms with Gasteiger partial charge in [0.1, 0.15) is 6.10 Å². The molecule has 1 aromatic carbocycles. The molecule has 0 fully saturated rings. The third kappa shape index (κ3) is 1.76. The van der Waals surface area contributed by atoms with E-state index in [0.717, 1.165) is 11.3 Å². The molecule has 0 radical (unpaired) electrons. The normalized spacial score (nSPS) is 12.7. The summed E-state index contributed by atoms with van der Waals surface area (Å²) in [6.45, 7) is 0. The standard InChI is InChI=1S/C10H9NOS/c12-10(9-6-13-7-11-9)8-4-2-1-3-5-8/h1-7,10,12H. The lowest BCUT2D eigenvalue weighted by Crippen LogP contribution is -1.98. The molecule has 0 saturated heterocycles. The second-order valence-corrected chi connectivity index (χ2v) is 3.45. The molecule has 1 unspecified atom stereocenters. The molecule has 1 N–H and O–H groups in total. The van der Waals surface area contributed by atoms with Crippen LogP contribution in [0.15, 0.2) is 41.2 Å². The number of benzene rings is 1. The van der Waals surface area contributed by atoms with E-state index in [9.17, 15) is 5.11 Å². The summed E-state index contributed by atoms with van der Waals surface area (Å²) in [5.41, 5.74) is 3.33. The van der Waals surface area contributed by atoms with E-state index >= 15 is 0 Å². The molecule has 0 aliphatic carbocycles. The molecule has 0 aliphatic heterocycles. The number of hydrogen-bond donors (Lipinski definition) is 1. The second kappa shape index (κ2) is 3.68. The monoisotopic (exact) mass is 191 g/mol. The van der Waals surface area contributed by atoms with Crippen molar-refractivity contribution in [2.24, 2.45) is 0 Å². The van der Waals surface area contributed by atoms with E-state index in [-0.39, 0.29) is 0 Å². The third-order valence-corrected chi connectivity index (χ3v) is 2.45. The number of rotatable bonds is 2. The quantitative estimate of drug-likeness (QED) is 0.789. The first-order valence-corrected chi connectivity index (χ1v) is 4.93. The minimum atomic E-state index is -0.590. The van der Waals surface area contributed by atoms with E-state index in [4.69, 9.17) is 0 Å². The first-order chi connectivity index (χ1) is 6.38. The fraction of sp³-hybridized carbons (Fsp3) is 0.100. The van der Waals surface area contributed by atoms with Crippen LogP contribution in [0.25, 0.3) is 0 Å². The Kier molecular flexibility index (Phi) is 2.38. The van der Waals surface area contributed by atoms with Crippen molar-refractivity contribution >= 4 is 11.3 Å². The highest BCUT2D eigenvalue weighted by Crippen LogP contribution is 2.20. The highest BCUT2D eigenvalue weighted by Gasteiger charge is 2.10. The van der Waals surface area contributed by atoms with Crippen LogP contribution in [-0.2, 0) is 0 Å². The molecule has 1 heterocycles. The van der Waals surface area contributed by atoms with Gasteiger partial charge in [-0.1, -0.05) is 30.3 Å². The predicted molar refractivity (Wildman–Crippen MR) is 52.6 cm³/mol. The van der Waals surface area contributed by atoms with E-state index < -0.39 is 6.10 Å². The van der Waals surface area contributed by atoms with E-state index in [0.29, 0.717) is 0 Å². The summed E-state index contributed by atoms with van der Waals surface area (Å²) in [4.78, 5) is 4.06. The average Bonchev–Trinajstić information content (AvgIpc) is 2.71. The minimum absolute atomic E-state index is 0.590. The second-order valence-electron chi connectivity index (χ2n) is 2.73. The molecule has 0 spiro atoms. The Morgan fingerprint density at radius 2 is 2.00 bits per heavy atom. The first-order valence-electron chi connectivity index (χ1n) is 3.99. The van der Waals surface area contributed by atoms with Crippen LogP contribution >= 0.6 is 11.3 Å². The maximum absolute atomic E-state index is 9.82. The maximum atomic E-state index is 9.82. The van der Waals surface area contributed by atoms with Crippen LogP contribution in [0.4, 0.5) is 0 Å². The van der Waals surface area contributed by atoms with Crippen molar-refractivity contribution in [3.05, 3.63) is 52.5 Å². The van der Waals surface area contributed by atoms with Gasteiger partial charge in [-0.05, 0) is 5.56 Å². The van der Waals surface area contributed by atoms with Crippen molar-refractivity contribution in [3.63, 3.8) is 0 Å². The summed E-state index contributed by atoms with van der Waals surface area (Å²) in [6.07, 6.45) is -0.590. The summed E-state index contributed by atoms with van der Waals surface area (Å²) in [5.74, 6) is 0. The summed E-state index contributed by atoms with van der Waals surface area (Å²) in [7, 11) is 0. The Labute approximate surface area is 80.5 Å². The summed E-state index contributed by atoms with van der Waals surface area (Å²) in [5, 5.41) is 11.7. The number of aromatic nitrogens is 1. The van der Waals surface area contributed by atoms with Gasteiger partial charge in [0.15, 0.2) is 0 Å². The average molecular weight is 191 g/mol. The van der Waals surface area contributed by atoms with Crippen LogP contribution in [0.2, 0.25) is 0 Å². The van der Waals surface area contributed by atoms with Crippen LogP contribution in [0.5, 0.6) is 0 Å². The highest BCUT2D eigenvalue weighted by molar-refractivity contribution is 7.07. The topological polar surface area (TPSA) is 33.1 Å². The van der Waals surface area contributed by atoms with Gasteiger partial charge in [-0.25, -0.2) is 4.98 Å². The Morgan fingerprint density at radius 1 is 1.23 bits per heavy atom. The van der Waals surface area contributed by atoms with E-state index in [1.54, 1.807) is 5.51 Å². The molecule has 3 heteroatoms. The molecule has 0 amide bonds. The van der Waals surface area contributed by atoms with Gasteiger partial charge in [0.2, 0.25) is 0 Å². The van der Waals surface area contributed by atoms with Gasteiger partial charge in [-0.3, -0.25) is 0 Å². The van der Waals surface area contributed by atoms with Crippen molar-refractivity contribution < 1.29 is 5.11 Å². The molecule has 2 nitrogen and oxygen atoms in total. The van der Waals surface area contributed by atoms with Crippen LogP contribution < -0.4 is 0 Å². The zero-order valence-corrected chi connectivity index (χ0v) is 7.74. The highest BCUT2D eigenvalue weighted by atomic mass is 32.1. The zero-order chi connectivity index (χ0) is 9.10. The zero-order valence-electron chi connectivity index (χ0n) is 6.92. The molecule has 0 aliphatic rings. The van der Waals surface area contributed by atoms with Crippen molar-refractivity contribution in [2.75, 3.05) is 0 Å². The minimum Gasteiger partial charge on any atom is -0.382 e. The summed E-state index contributed by atoms with van der Waals surface area (Å²) >= 11 is 1.49. The lowest BCUT2D eigenvalue weighted by Gasteiger charge is -2.06. The van der Waals surface area contributed by atoms with Gasteiger partial charge < -0.3 is 5.11 Å². The van der Waals surface area contributed by atoms with Gasteiger partial charge in [0.25, 0.3) is 0 Å². The molecule has 1 atom stereocenters.